The van der Waals surface area contributed by atoms with Crippen molar-refractivity contribution in [2.45, 2.75) is 25.3 Å². The number of halogens is 1. The molecule has 0 fully saturated rings. The molecule has 1 aliphatic rings. The Labute approximate surface area is 228 Å². The molecule has 3 aromatic carbocycles. The average Bonchev–Trinajstić information content (AvgIpc) is 3.58. The molecule has 192 valence electrons. The van der Waals surface area contributed by atoms with Gasteiger partial charge in [-0.05, 0) is 60.5 Å². The molecular formula is C29H24BrN4O4-. The van der Waals surface area contributed by atoms with E-state index in [9.17, 15) is 14.7 Å². The van der Waals surface area contributed by atoms with Gasteiger partial charge in [-0.1, -0.05) is 46.3 Å². The second-order valence-corrected chi connectivity index (χ2v) is 9.74. The Morgan fingerprint density at radius 2 is 1.71 bits per heavy atom. The van der Waals surface area contributed by atoms with Gasteiger partial charge in [-0.2, -0.15) is 10.2 Å². The van der Waals surface area contributed by atoms with Crippen molar-refractivity contribution in [1.29, 1.82) is 0 Å². The van der Waals surface area contributed by atoms with E-state index in [2.05, 4.69) is 15.9 Å². The third-order valence-corrected chi connectivity index (χ3v) is 6.90. The van der Waals surface area contributed by atoms with E-state index in [4.69, 9.17) is 14.9 Å². The van der Waals surface area contributed by atoms with Crippen LogP contribution in [0.15, 0.2) is 94.6 Å². The molecule has 1 aliphatic heterocycles. The van der Waals surface area contributed by atoms with Crippen LogP contribution in [0.4, 0.5) is 0 Å². The van der Waals surface area contributed by atoms with Crippen LogP contribution in [-0.4, -0.2) is 39.5 Å². The van der Waals surface area contributed by atoms with E-state index in [1.54, 1.807) is 11.8 Å². The fourth-order valence-corrected chi connectivity index (χ4v) is 4.70. The largest absolute Gasteiger partial charge is 0.550 e. The summed E-state index contributed by atoms with van der Waals surface area (Å²) in [5.41, 5.74) is 4.85. The van der Waals surface area contributed by atoms with Gasteiger partial charge in [0.05, 0.1) is 24.6 Å². The van der Waals surface area contributed by atoms with E-state index in [-0.39, 0.29) is 24.8 Å². The van der Waals surface area contributed by atoms with Crippen molar-refractivity contribution < 1.29 is 19.4 Å². The predicted molar refractivity (Wildman–Crippen MR) is 145 cm³/mol. The molecule has 0 saturated carbocycles. The fourth-order valence-electron chi connectivity index (χ4n) is 4.43. The van der Waals surface area contributed by atoms with Crippen molar-refractivity contribution >= 4 is 33.5 Å². The lowest BCUT2D eigenvalue weighted by atomic mass is 9.97. The molecule has 0 saturated heterocycles. The summed E-state index contributed by atoms with van der Waals surface area (Å²) in [5.74, 6) is -0.914. The first-order chi connectivity index (χ1) is 18.4. The van der Waals surface area contributed by atoms with Gasteiger partial charge in [0, 0.05) is 40.6 Å². The zero-order valence-electron chi connectivity index (χ0n) is 20.6. The van der Waals surface area contributed by atoms with Crippen LogP contribution in [0.5, 0.6) is 5.75 Å². The van der Waals surface area contributed by atoms with Gasteiger partial charge < -0.3 is 14.6 Å². The van der Waals surface area contributed by atoms with E-state index in [0.717, 1.165) is 32.6 Å². The molecule has 0 unspecified atom stereocenters. The summed E-state index contributed by atoms with van der Waals surface area (Å²) in [6.45, 7) is 0. The smallest absolute Gasteiger partial charge is 0.243 e. The van der Waals surface area contributed by atoms with Crippen LogP contribution in [0.2, 0.25) is 0 Å². The molecular weight excluding hydrogens is 548 g/mol. The van der Waals surface area contributed by atoms with Crippen LogP contribution >= 0.6 is 15.9 Å². The van der Waals surface area contributed by atoms with Crippen LogP contribution in [0.3, 0.4) is 0 Å². The number of para-hydroxylation sites is 1. The number of aliphatic carboxylic acids is 1. The highest BCUT2D eigenvalue weighted by Gasteiger charge is 2.34. The number of hydrazone groups is 1. The minimum atomic E-state index is -1.27. The third-order valence-electron chi connectivity index (χ3n) is 6.37. The Balaban J connectivity index is 1.58. The van der Waals surface area contributed by atoms with E-state index in [1.165, 1.54) is 5.01 Å². The molecule has 0 N–H and O–H groups in total. The molecule has 38 heavy (non-hydrogen) atoms. The maximum atomic E-state index is 13.1. The number of benzene rings is 3. The van der Waals surface area contributed by atoms with E-state index in [0.29, 0.717) is 17.8 Å². The lowest BCUT2D eigenvalue weighted by molar-refractivity contribution is -0.305. The number of carboxylic acid groups (broad SMARTS) is 1. The maximum Gasteiger partial charge on any atom is 0.243 e. The summed E-state index contributed by atoms with van der Waals surface area (Å²) < 4.78 is 8.03. The first-order valence-electron chi connectivity index (χ1n) is 12.1. The van der Waals surface area contributed by atoms with Crippen LogP contribution in [0.25, 0.3) is 16.9 Å². The molecule has 4 aromatic rings. The van der Waals surface area contributed by atoms with Crippen molar-refractivity contribution in [2.24, 2.45) is 5.10 Å². The van der Waals surface area contributed by atoms with Gasteiger partial charge in [0.1, 0.15) is 11.4 Å². The number of hydrogen-bond donors (Lipinski definition) is 0. The number of ether oxygens (including phenoxy) is 1. The molecule has 0 spiro atoms. The summed E-state index contributed by atoms with van der Waals surface area (Å²) in [5, 5.41) is 22.1. The van der Waals surface area contributed by atoms with Gasteiger partial charge in [-0.3, -0.25) is 4.79 Å². The highest BCUT2D eigenvalue weighted by Crippen LogP contribution is 2.36. The first-order valence-corrected chi connectivity index (χ1v) is 12.9. The monoisotopic (exact) mass is 571 g/mol. The molecule has 2 heterocycles. The van der Waals surface area contributed by atoms with Crippen molar-refractivity contribution in [3.63, 3.8) is 0 Å². The van der Waals surface area contributed by atoms with Crippen molar-refractivity contribution in [3.05, 3.63) is 101 Å². The lowest BCUT2D eigenvalue weighted by Crippen LogP contribution is -2.29. The SMILES string of the molecule is COc1ccc(-c2nn(-c3ccccc3)cc2C2=NN(C(=O)CCC(=O)[O-])[C@@H](c3ccc(Br)cc3)C2)cc1. The minimum Gasteiger partial charge on any atom is -0.550 e. The number of carbonyl (C=O) groups excluding carboxylic acids is 2. The maximum absolute atomic E-state index is 13.1. The third kappa shape index (κ3) is 5.38. The van der Waals surface area contributed by atoms with Crippen LogP contribution < -0.4 is 9.84 Å². The number of carbonyl (C=O) groups is 2. The average molecular weight is 572 g/mol. The summed E-state index contributed by atoms with van der Waals surface area (Å²) >= 11 is 3.46. The van der Waals surface area contributed by atoms with E-state index >= 15 is 0 Å². The molecule has 9 heteroatoms. The van der Waals surface area contributed by atoms with Gasteiger partial charge >= 0.3 is 0 Å². The predicted octanol–water partition coefficient (Wildman–Crippen LogP) is 4.52. The summed E-state index contributed by atoms with van der Waals surface area (Å²) in [6.07, 6.45) is 1.81. The number of amides is 1. The Hall–Kier alpha value is -4.24. The number of rotatable bonds is 8. The van der Waals surface area contributed by atoms with E-state index in [1.807, 2.05) is 85.1 Å². The van der Waals surface area contributed by atoms with Gasteiger partial charge in [0.25, 0.3) is 0 Å². The molecule has 5 rings (SSSR count). The van der Waals surface area contributed by atoms with Gasteiger partial charge in [-0.25, -0.2) is 9.69 Å². The minimum absolute atomic E-state index is 0.194. The summed E-state index contributed by atoms with van der Waals surface area (Å²) in [7, 11) is 1.62. The number of nitrogens with zero attached hydrogens (tertiary/aromatic N) is 4. The molecule has 0 aliphatic carbocycles. The highest BCUT2D eigenvalue weighted by atomic mass is 79.9. The summed E-state index contributed by atoms with van der Waals surface area (Å²) in [4.78, 5) is 24.1. The van der Waals surface area contributed by atoms with E-state index < -0.39 is 5.97 Å². The molecule has 0 radical (unpaired) electrons. The first kappa shape index (κ1) is 25.4. The van der Waals surface area contributed by atoms with Crippen LogP contribution in [-0.2, 0) is 9.59 Å². The summed E-state index contributed by atoms with van der Waals surface area (Å²) in [6, 6.07) is 24.7. The molecule has 1 aromatic heterocycles. The molecule has 0 bridgehead atoms. The quantitative estimate of drug-likeness (QED) is 0.309. The number of methoxy groups -OCH3 is 1. The highest BCUT2D eigenvalue weighted by molar-refractivity contribution is 9.10. The van der Waals surface area contributed by atoms with Gasteiger partial charge in [0.15, 0.2) is 0 Å². The van der Waals surface area contributed by atoms with Crippen molar-refractivity contribution in [3.8, 4) is 22.7 Å². The zero-order chi connectivity index (χ0) is 26.6. The number of hydrogen-bond acceptors (Lipinski definition) is 6. The Morgan fingerprint density at radius 1 is 1.00 bits per heavy atom. The lowest BCUT2D eigenvalue weighted by Gasteiger charge is -2.22. The Kier molecular flexibility index (Phi) is 7.37. The van der Waals surface area contributed by atoms with Crippen molar-refractivity contribution in [1.82, 2.24) is 14.8 Å². The standard InChI is InChI=1S/C29H25BrN4O4/c1-38-23-13-9-20(10-14-23)29-24(18-33(32-29)22-5-3-2-4-6-22)25-17-26(19-7-11-21(30)12-8-19)34(31-25)27(35)15-16-28(36)37/h2-14,18,26H,15-17H2,1H3,(H,36,37)/p-1/t26-/m1/s1. The van der Waals surface area contributed by atoms with Crippen molar-refractivity contribution in [2.75, 3.05) is 7.11 Å². The van der Waals surface area contributed by atoms with Crippen LogP contribution in [0, 0.1) is 0 Å². The number of aromatic nitrogens is 2. The second-order valence-electron chi connectivity index (χ2n) is 8.83. The second kappa shape index (κ2) is 11.0. The van der Waals surface area contributed by atoms with Gasteiger partial charge in [-0.15, -0.1) is 0 Å². The molecule has 8 nitrogen and oxygen atoms in total. The normalized spacial score (nSPS) is 14.8. The Bertz CT molecular complexity index is 1480. The van der Waals surface area contributed by atoms with Crippen LogP contribution in [0.1, 0.15) is 36.4 Å². The number of carboxylic acids is 1. The topological polar surface area (TPSA) is 99.8 Å². The zero-order valence-corrected chi connectivity index (χ0v) is 22.2. The molecule has 1 amide bonds. The Morgan fingerprint density at radius 3 is 2.37 bits per heavy atom. The molecule has 1 atom stereocenters. The van der Waals surface area contributed by atoms with Gasteiger partial charge in [0.2, 0.25) is 5.91 Å². The fraction of sp³-hybridized carbons (Fsp3) is 0.172.